The molecule has 0 N–H and O–H groups in total. The zero-order valence-corrected chi connectivity index (χ0v) is 25.9. The summed E-state index contributed by atoms with van der Waals surface area (Å²) >= 11 is 0. The van der Waals surface area contributed by atoms with Gasteiger partial charge in [-0.2, -0.15) is 18.3 Å². The molecular weight excluding hydrogens is 572 g/mol. The number of rotatable bonds is 7. The Morgan fingerprint density at radius 3 is 2.11 bits per heavy atom. The maximum atomic E-state index is 11.6. The Morgan fingerprint density at radius 1 is 0.717 bits per heavy atom. The lowest BCUT2D eigenvalue weighted by Crippen LogP contribution is -2.71. The number of nitrogens with zero attached hydrogens (tertiary/aromatic N) is 6. The van der Waals surface area contributed by atoms with Crippen LogP contribution in [0.15, 0.2) is 114 Å². The minimum absolute atomic E-state index is 0.180. The minimum Gasteiger partial charge on any atom is -0.463 e. The number of aryl methyl sites for hydroxylation is 2. The van der Waals surface area contributed by atoms with Crippen molar-refractivity contribution in [3.8, 4) is 0 Å². The van der Waals surface area contributed by atoms with Gasteiger partial charge in [-0.15, -0.1) is 0 Å². The second-order valence-electron chi connectivity index (χ2n) is 12.4. The van der Waals surface area contributed by atoms with Crippen molar-refractivity contribution in [2.45, 2.75) is 39.8 Å². The van der Waals surface area contributed by atoms with Crippen molar-refractivity contribution < 1.29 is 27.8 Å². The highest BCUT2D eigenvalue weighted by molar-refractivity contribution is 6.27. The first-order chi connectivity index (χ1) is 22.6. The molecule has 46 heavy (non-hydrogen) atoms. The summed E-state index contributed by atoms with van der Waals surface area (Å²) in [4.78, 5) is 11.6. The summed E-state index contributed by atoms with van der Waals surface area (Å²) in [6.45, 7) is 9.07. The summed E-state index contributed by atoms with van der Waals surface area (Å²) in [7, 11) is 0. The minimum atomic E-state index is -0.792. The molecule has 6 aliphatic rings. The van der Waals surface area contributed by atoms with Crippen molar-refractivity contribution in [2.24, 2.45) is 0 Å². The largest absolute Gasteiger partial charge is 0.553 e. The molecule has 0 amide bonds. The highest BCUT2D eigenvalue weighted by Crippen LogP contribution is 2.50. The van der Waals surface area contributed by atoms with E-state index in [1.54, 1.807) is 0 Å². The number of allylic oxidation sites excluding steroid dienone is 5. The molecule has 1 spiro atoms. The van der Waals surface area contributed by atoms with Crippen LogP contribution in [0.3, 0.4) is 0 Å². The summed E-state index contributed by atoms with van der Waals surface area (Å²) in [6, 6.07) is 21.8. The van der Waals surface area contributed by atoms with Crippen LogP contribution >= 0.6 is 0 Å². The van der Waals surface area contributed by atoms with Gasteiger partial charge in [0.25, 0.3) is 6.47 Å². The van der Waals surface area contributed by atoms with Crippen LogP contribution in [0, 0.1) is 0 Å². The molecule has 0 aromatic carbocycles. The average molecular weight is 605 g/mol. The molecule has 222 valence electrons. The van der Waals surface area contributed by atoms with Gasteiger partial charge in [0, 0.05) is 54.1 Å². The summed E-state index contributed by atoms with van der Waals surface area (Å²) < 4.78 is 20.3. The second kappa shape index (κ2) is 8.75. The van der Waals surface area contributed by atoms with E-state index in [9.17, 15) is 4.79 Å². The standard InChI is InChI=1S/C38H32N6O2/c1-4-39-20-8-6-10-30(39)36-32-16-12-26-24(3)27-13-17-33-37(31-11-7-9-21-40(31)5-2)35-19-15-29-25(22-46-23-45)28-14-18-34(36)43(28)38(41(26)32,42(27)33)44(29)35/h6-21,23H,4-5,22H2,1-3H3/q+4. The zero-order valence-electron chi connectivity index (χ0n) is 25.9. The molecule has 4 aromatic rings. The summed E-state index contributed by atoms with van der Waals surface area (Å²) in [6.07, 6.45) is 13.5. The zero-order chi connectivity index (χ0) is 30.9. The van der Waals surface area contributed by atoms with Crippen molar-refractivity contribution in [1.29, 1.82) is 0 Å². The molecule has 0 aliphatic carbocycles. The topological polar surface area (TPSA) is 49.9 Å². The Labute approximate surface area is 265 Å². The predicted molar refractivity (Wildman–Crippen MR) is 171 cm³/mol. The SMILES string of the molecule is CC[n+]1ccccc1C1=C2C=CC3=[N+]2C24n5c1ccc5C(COC=O)=c1ccc(n12)=C(c1cccc[n+]1CC)C1=[N+]4C(=C3C)C=C1. The molecule has 10 heterocycles. The van der Waals surface area contributed by atoms with Gasteiger partial charge in [-0.05, 0) is 57.2 Å². The van der Waals surface area contributed by atoms with Crippen LogP contribution in [0.1, 0.15) is 43.5 Å². The quantitative estimate of drug-likeness (QED) is 0.240. The maximum absolute atomic E-state index is 11.6. The van der Waals surface area contributed by atoms with Gasteiger partial charge in [0.05, 0.1) is 27.7 Å². The van der Waals surface area contributed by atoms with Gasteiger partial charge in [0.15, 0.2) is 12.4 Å². The van der Waals surface area contributed by atoms with Crippen LogP contribution in [-0.2, 0) is 28.5 Å². The van der Waals surface area contributed by atoms with E-state index >= 15 is 0 Å². The first-order valence-corrected chi connectivity index (χ1v) is 16.0. The molecule has 0 bridgehead atoms. The Bertz CT molecular complexity index is 2480. The van der Waals surface area contributed by atoms with Crippen LogP contribution in [0.2, 0.25) is 0 Å². The fourth-order valence-corrected chi connectivity index (χ4v) is 8.75. The summed E-state index contributed by atoms with van der Waals surface area (Å²) in [5, 5.41) is 2.18. The third-order valence-corrected chi connectivity index (χ3v) is 10.5. The van der Waals surface area contributed by atoms with E-state index in [2.05, 4.69) is 146 Å². The third-order valence-electron chi connectivity index (χ3n) is 10.5. The maximum Gasteiger partial charge on any atom is 0.553 e. The molecule has 0 saturated heterocycles. The molecule has 0 saturated carbocycles. The third kappa shape index (κ3) is 2.72. The van der Waals surface area contributed by atoms with Crippen LogP contribution in [-0.4, -0.2) is 42.8 Å². The Hall–Kier alpha value is -5.63. The van der Waals surface area contributed by atoms with E-state index < -0.39 is 5.91 Å². The second-order valence-corrected chi connectivity index (χ2v) is 12.4. The fourth-order valence-electron chi connectivity index (χ4n) is 8.75. The molecule has 1 atom stereocenters. The lowest BCUT2D eigenvalue weighted by molar-refractivity contribution is -0.837. The van der Waals surface area contributed by atoms with E-state index in [1.807, 2.05) is 0 Å². The van der Waals surface area contributed by atoms with Crippen LogP contribution in [0.25, 0.3) is 16.7 Å². The molecule has 0 fully saturated rings. The Balaban J connectivity index is 1.45. The number of hydrogen-bond acceptors (Lipinski definition) is 2. The van der Waals surface area contributed by atoms with Crippen LogP contribution in [0.4, 0.5) is 0 Å². The summed E-state index contributed by atoms with van der Waals surface area (Å²) in [5.41, 5.74) is 13.8. The van der Waals surface area contributed by atoms with Gasteiger partial charge in [0.1, 0.15) is 30.8 Å². The predicted octanol–water partition coefficient (Wildman–Crippen LogP) is 2.03. The highest BCUT2D eigenvalue weighted by atomic mass is 16.5. The number of carbonyl (C=O) groups is 1. The molecular formula is C38H32N6O2+4. The van der Waals surface area contributed by atoms with Gasteiger partial charge < -0.3 is 4.74 Å². The Kier molecular flexibility index (Phi) is 4.89. The lowest BCUT2D eigenvalue weighted by Gasteiger charge is -2.40. The van der Waals surface area contributed by atoms with E-state index in [0.717, 1.165) is 40.7 Å². The first-order valence-electron chi connectivity index (χ1n) is 16.0. The normalized spacial score (nSPS) is 20.8. The number of hydrogen-bond donors (Lipinski definition) is 0. The Morgan fingerprint density at radius 2 is 1.37 bits per heavy atom. The molecule has 0 radical (unpaired) electrons. The van der Waals surface area contributed by atoms with Crippen molar-refractivity contribution in [3.63, 3.8) is 0 Å². The van der Waals surface area contributed by atoms with Gasteiger partial charge >= 0.3 is 5.91 Å². The van der Waals surface area contributed by atoms with E-state index in [1.165, 1.54) is 50.9 Å². The molecule has 1 unspecified atom stereocenters. The van der Waals surface area contributed by atoms with Gasteiger partial charge in [-0.3, -0.25) is 4.79 Å². The molecule has 10 rings (SSSR count). The van der Waals surface area contributed by atoms with Crippen LogP contribution in [0.5, 0.6) is 0 Å². The average Bonchev–Trinajstić information content (AvgIpc) is 3.91. The molecule has 8 nitrogen and oxygen atoms in total. The molecule has 8 heteroatoms. The van der Waals surface area contributed by atoms with Crippen molar-refractivity contribution in [2.75, 3.05) is 6.61 Å². The molecule has 6 aliphatic heterocycles. The monoisotopic (exact) mass is 604 g/mol. The summed E-state index contributed by atoms with van der Waals surface area (Å²) in [5.74, 6) is -0.792. The first kappa shape index (κ1) is 25.7. The smallest absolute Gasteiger partial charge is 0.463 e. The van der Waals surface area contributed by atoms with Crippen molar-refractivity contribution >= 4 is 34.6 Å². The van der Waals surface area contributed by atoms with Crippen molar-refractivity contribution in [1.82, 2.24) is 9.13 Å². The van der Waals surface area contributed by atoms with Crippen LogP contribution < -0.4 is 19.8 Å². The van der Waals surface area contributed by atoms with Gasteiger partial charge in [-0.1, -0.05) is 9.15 Å². The number of carbonyl (C=O) groups excluding carboxylic acids is 1. The number of ether oxygens (including phenoxy) is 1. The number of pyridine rings is 2. The highest BCUT2D eigenvalue weighted by Gasteiger charge is 2.73. The van der Waals surface area contributed by atoms with E-state index in [4.69, 9.17) is 4.74 Å². The molecule has 4 aromatic heterocycles. The van der Waals surface area contributed by atoms with Gasteiger partial charge in [0.2, 0.25) is 34.2 Å². The van der Waals surface area contributed by atoms with E-state index in [0.29, 0.717) is 6.47 Å². The van der Waals surface area contributed by atoms with Gasteiger partial charge in [-0.25, -0.2) is 0 Å². The van der Waals surface area contributed by atoms with Crippen molar-refractivity contribution in [3.05, 3.63) is 148 Å². The fraction of sp³-hybridized carbons (Fsp3) is 0.184. The lowest BCUT2D eigenvalue weighted by atomic mass is 9.97. The van der Waals surface area contributed by atoms with E-state index in [-0.39, 0.29) is 6.61 Å². The number of aromatic nitrogens is 4.